The summed E-state index contributed by atoms with van der Waals surface area (Å²) in [6, 6.07) is 7.53. The molecule has 4 heteroatoms. The predicted octanol–water partition coefficient (Wildman–Crippen LogP) is 2.53. The van der Waals surface area contributed by atoms with Crippen LogP contribution in [0.3, 0.4) is 0 Å². The maximum Gasteiger partial charge on any atom is 0.251 e. The van der Waals surface area contributed by atoms with Gasteiger partial charge in [0, 0.05) is 23.9 Å². The lowest BCUT2D eigenvalue weighted by molar-refractivity contribution is 0.0939. The first-order valence-corrected chi connectivity index (χ1v) is 6.35. The quantitative estimate of drug-likeness (QED) is 0.918. The Morgan fingerprint density at radius 1 is 1.37 bits per heavy atom. The van der Waals surface area contributed by atoms with Gasteiger partial charge in [-0.1, -0.05) is 17.7 Å². The van der Waals surface area contributed by atoms with Crippen molar-refractivity contribution in [2.75, 3.05) is 0 Å². The van der Waals surface area contributed by atoms with Gasteiger partial charge >= 0.3 is 0 Å². The van der Waals surface area contributed by atoms with Crippen molar-refractivity contribution in [3.8, 4) is 0 Å². The molecule has 1 aromatic heterocycles. The van der Waals surface area contributed by atoms with Crippen molar-refractivity contribution in [1.82, 2.24) is 15.1 Å². The fraction of sp³-hybridized carbons (Fsp3) is 0.333. The van der Waals surface area contributed by atoms with E-state index in [4.69, 9.17) is 0 Å². The minimum atomic E-state index is -0.0561. The van der Waals surface area contributed by atoms with Gasteiger partial charge in [0.1, 0.15) is 0 Å². The summed E-state index contributed by atoms with van der Waals surface area (Å²) in [5.41, 5.74) is 3.88. The number of aryl methyl sites for hydroxylation is 2. The molecule has 1 atom stereocenters. The van der Waals surface area contributed by atoms with Gasteiger partial charge < -0.3 is 5.32 Å². The molecule has 19 heavy (non-hydrogen) atoms. The van der Waals surface area contributed by atoms with Crippen LogP contribution in [-0.4, -0.2) is 15.7 Å². The summed E-state index contributed by atoms with van der Waals surface area (Å²) >= 11 is 0. The summed E-state index contributed by atoms with van der Waals surface area (Å²) in [4.78, 5) is 12.2. The smallest absolute Gasteiger partial charge is 0.251 e. The second-order valence-corrected chi connectivity index (χ2v) is 4.87. The van der Waals surface area contributed by atoms with Crippen LogP contribution in [0.1, 0.15) is 40.1 Å². The molecule has 2 aromatic rings. The Labute approximate surface area is 113 Å². The summed E-state index contributed by atoms with van der Waals surface area (Å²) in [5, 5.41) is 7.20. The number of hydrogen-bond acceptors (Lipinski definition) is 2. The van der Waals surface area contributed by atoms with Crippen LogP contribution in [0.5, 0.6) is 0 Å². The van der Waals surface area contributed by atoms with Crippen LogP contribution in [-0.2, 0) is 7.05 Å². The van der Waals surface area contributed by atoms with E-state index < -0.39 is 0 Å². The fourth-order valence-corrected chi connectivity index (χ4v) is 2.08. The van der Waals surface area contributed by atoms with Gasteiger partial charge in [-0.25, -0.2) is 0 Å². The molecule has 1 aromatic carbocycles. The highest BCUT2D eigenvalue weighted by Gasteiger charge is 2.15. The molecule has 1 N–H and O–H groups in total. The summed E-state index contributed by atoms with van der Waals surface area (Å²) in [6.07, 6.45) is 1.80. The highest BCUT2D eigenvalue weighted by Crippen LogP contribution is 2.16. The summed E-state index contributed by atoms with van der Waals surface area (Å²) in [5.74, 6) is -0.0561. The van der Waals surface area contributed by atoms with Gasteiger partial charge in [-0.2, -0.15) is 5.10 Å². The first kappa shape index (κ1) is 13.3. The summed E-state index contributed by atoms with van der Waals surface area (Å²) in [7, 11) is 1.90. The normalized spacial score (nSPS) is 12.2. The predicted molar refractivity (Wildman–Crippen MR) is 75.0 cm³/mol. The molecule has 1 heterocycles. The molecule has 1 amide bonds. The van der Waals surface area contributed by atoms with Crippen molar-refractivity contribution in [2.45, 2.75) is 26.8 Å². The van der Waals surface area contributed by atoms with Crippen LogP contribution < -0.4 is 5.32 Å². The molecule has 0 saturated carbocycles. The van der Waals surface area contributed by atoms with Gasteiger partial charge in [0.05, 0.1) is 12.2 Å². The lowest BCUT2D eigenvalue weighted by atomic mass is 10.1. The summed E-state index contributed by atoms with van der Waals surface area (Å²) < 4.78 is 1.81. The molecule has 2 rings (SSSR count). The lowest BCUT2D eigenvalue weighted by Gasteiger charge is -2.14. The van der Waals surface area contributed by atoms with Crippen LogP contribution in [0.4, 0.5) is 0 Å². The van der Waals surface area contributed by atoms with E-state index in [-0.39, 0.29) is 11.9 Å². The number of rotatable bonds is 3. The monoisotopic (exact) mass is 257 g/mol. The van der Waals surface area contributed by atoms with Gasteiger partial charge in [0.25, 0.3) is 5.91 Å². The van der Waals surface area contributed by atoms with Crippen molar-refractivity contribution in [2.24, 2.45) is 7.05 Å². The van der Waals surface area contributed by atoms with E-state index >= 15 is 0 Å². The van der Waals surface area contributed by atoms with Crippen molar-refractivity contribution in [1.29, 1.82) is 0 Å². The Morgan fingerprint density at radius 3 is 2.68 bits per heavy atom. The molecule has 0 aliphatic rings. The van der Waals surface area contributed by atoms with E-state index in [2.05, 4.69) is 10.4 Å². The van der Waals surface area contributed by atoms with Crippen LogP contribution in [0.2, 0.25) is 0 Å². The van der Waals surface area contributed by atoms with E-state index in [1.165, 1.54) is 0 Å². The Morgan fingerprint density at radius 2 is 2.11 bits per heavy atom. The highest BCUT2D eigenvalue weighted by molar-refractivity contribution is 5.94. The Balaban J connectivity index is 2.13. The molecule has 0 aliphatic carbocycles. The van der Waals surface area contributed by atoms with Gasteiger partial charge in [0.15, 0.2) is 0 Å². The van der Waals surface area contributed by atoms with Gasteiger partial charge in [-0.15, -0.1) is 0 Å². The molecule has 1 unspecified atom stereocenters. The molecule has 0 bridgehead atoms. The highest BCUT2D eigenvalue weighted by atomic mass is 16.1. The zero-order valence-electron chi connectivity index (χ0n) is 11.8. The topological polar surface area (TPSA) is 46.9 Å². The molecule has 0 saturated heterocycles. The van der Waals surface area contributed by atoms with Crippen molar-refractivity contribution in [3.05, 3.63) is 52.8 Å². The molecule has 4 nitrogen and oxygen atoms in total. The van der Waals surface area contributed by atoms with Crippen molar-refractivity contribution in [3.63, 3.8) is 0 Å². The number of amides is 1. The van der Waals surface area contributed by atoms with Crippen LogP contribution >= 0.6 is 0 Å². The maximum atomic E-state index is 12.2. The molecule has 0 radical (unpaired) electrons. The van der Waals surface area contributed by atoms with E-state index in [0.29, 0.717) is 5.56 Å². The number of carbonyl (C=O) groups excluding carboxylic acids is 1. The average Bonchev–Trinajstić information content (AvgIpc) is 2.70. The molecule has 0 fully saturated rings. The number of aromatic nitrogens is 2. The number of hydrogen-bond donors (Lipinski definition) is 1. The molecular formula is C15H19N3O. The zero-order chi connectivity index (χ0) is 14.0. The number of nitrogens with zero attached hydrogens (tertiary/aromatic N) is 2. The second-order valence-electron chi connectivity index (χ2n) is 4.87. The zero-order valence-corrected chi connectivity index (χ0v) is 11.8. The van der Waals surface area contributed by atoms with Gasteiger partial charge in [0.2, 0.25) is 0 Å². The third-order valence-corrected chi connectivity index (χ3v) is 3.37. The van der Waals surface area contributed by atoms with E-state index in [0.717, 1.165) is 16.8 Å². The largest absolute Gasteiger partial charge is 0.345 e. The average molecular weight is 257 g/mol. The third kappa shape index (κ3) is 2.84. The third-order valence-electron chi connectivity index (χ3n) is 3.37. The Bertz CT molecular complexity index is 601. The van der Waals surface area contributed by atoms with Gasteiger partial charge in [-0.05, 0) is 32.9 Å². The first-order valence-electron chi connectivity index (χ1n) is 6.35. The fourth-order valence-electron chi connectivity index (χ4n) is 2.08. The van der Waals surface area contributed by atoms with Crippen molar-refractivity contribution >= 4 is 5.91 Å². The van der Waals surface area contributed by atoms with Crippen molar-refractivity contribution < 1.29 is 4.79 Å². The lowest BCUT2D eigenvalue weighted by Crippen LogP contribution is -2.27. The Hall–Kier alpha value is -2.10. The second kappa shape index (κ2) is 5.26. The van der Waals surface area contributed by atoms with E-state index in [1.807, 2.05) is 56.8 Å². The minimum absolute atomic E-state index is 0.0540. The molecule has 0 aliphatic heterocycles. The maximum absolute atomic E-state index is 12.2. The van der Waals surface area contributed by atoms with Crippen LogP contribution in [0.15, 0.2) is 30.5 Å². The number of carbonyl (C=O) groups is 1. The minimum Gasteiger partial charge on any atom is -0.345 e. The number of nitrogens with one attached hydrogen (secondary N) is 1. The molecule has 100 valence electrons. The summed E-state index contributed by atoms with van der Waals surface area (Å²) in [6.45, 7) is 5.95. The van der Waals surface area contributed by atoms with Gasteiger partial charge in [-0.3, -0.25) is 9.48 Å². The van der Waals surface area contributed by atoms with E-state index in [9.17, 15) is 4.79 Å². The molecular weight excluding hydrogens is 238 g/mol. The number of benzene rings is 1. The first-order chi connectivity index (χ1) is 8.99. The van der Waals surface area contributed by atoms with Crippen LogP contribution in [0, 0.1) is 13.8 Å². The van der Waals surface area contributed by atoms with E-state index in [1.54, 1.807) is 6.20 Å². The van der Waals surface area contributed by atoms with Crippen LogP contribution in [0.25, 0.3) is 0 Å². The SMILES string of the molecule is Cc1cccc(C(=O)NC(C)c2cnn(C)c2C)c1. The standard InChI is InChI=1S/C15H19N3O/c1-10-6-5-7-13(8-10)15(19)17-11(2)14-9-16-18(4)12(14)3/h5-9,11H,1-4H3,(H,17,19). The molecule has 0 spiro atoms. The Kier molecular flexibility index (Phi) is 3.69.